The van der Waals surface area contributed by atoms with Crippen LogP contribution in [0.15, 0.2) is 51.7 Å². The van der Waals surface area contributed by atoms with Gasteiger partial charge in [-0.3, -0.25) is 4.79 Å². The van der Waals surface area contributed by atoms with E-state index in [0.29, 0.717) is 27.8 Å². The number of nitrogens with one attached hydrogen (secondary N) is 1. The van der Waals surface area contributed by atoms with Crippen molar-refractivity contribution in [2.45, 2.75) is 39.7 Å². The first kappa shape index (κ1) is 23.8. The van der Waals surface area contributed by atoms with E-state index in [-0.39, 0.29) is 18.7 Å². The van der Waals surface area contributed by atoms with Crippen LogP contribution in [0.1, 0.15) is 32.8 Å². The van der Waals surface area contributed by atoms with Crippen LogP contribution in [0.4, 0.5) is 4.79 Å². The van der Waals surface area contributed by atoms with E-state index in [1.807, 2.05) is 24.3 Å². The van der Waals surface area contributed by atoms with Crippen molar-refractivity contribution < 1.29 is 28.2 Å². The summed E-state index contributed by atoms with van der Waals surface area (Å²) in [6, 6.07) is 12.2. The summed E-state index contributed by atoms with van der Waals surface area (Å²) in [5.74, 6) is 0.444. The fraction of sp³-hybridized carbons (Fsp3) is 0.320. The van der Waals surface area contributed by atoms with Crippen LogP contribution in [-0.2, 0) is 9.53 Å². The Morgan fingerprint density at radius 1 is 1.06 bits per heavy atom. The molecule has 0 spiro atoms. The minimum absolute atomic E-state index is 0.0491. The lowest BCUT2D eigenvalue weighted by Crippen LogP contribution is -2.34. The number of esters is 1. The average Bonchev–Trinajstić information content (AvgIpc) is 2.74. The predicted octanol–water partition coefficient (Wildman–Crippen LogP) is 4.60. The zero-order valence-corrected chi connectivity index (χ0v) is 19.3. The second-order valence-corrected chi connectivity index (χ2v) is 8.43. The van der Waals surface area contributed by atoms with E-state index in [1.54, 1.807) is 46.9 Å². The van der Waals surface area contributed by atoms with Crippen molar-refractivity contribution in [1.82, 2.24) is 5.32 Å². The van der Waals surface area contributed by atoms with Crippen molar-refractivity contribution in [3.63, 3.8) is 0 Å². The number of fused-ring (bicyclic) bond motifs is 1. The molecule has 0 fully saturated rings. The predicted molar refractivity (Wildman–Crippen MR) is 124 cm³/mol. The van der Waals surface area contributed by atoms with Crippen molar-refractivity contribution in [2.24, 2.45) is 0 Å². The second-order valence-electron chi connectivity index (χ2n) is 8.43. The molecule has 0 saturated heterocycles. The Balaban J connectivity index is 1.77. The number of aryl methyl sites for hydroxylation is 1. The Hall–Kier alpha value is -3.81. The van der Waals surface area contributed by atoms with Gasteiger partial charge in [0, 0.05) is 23.6 Å². The molecule has 8 heteroatoms. The maximum atomic E-state index is 12.3. The monoisotopic (exact) mass is 453 g/mol. The Bertz CT molecular complexity index is 1220. The molecule has 174 valence electrons. The summed E-state index contributed by atoms with van der Waals surface area (Å²) < 4.78 is 21.2. The summed E-state index contributed by atoms with van der Waals surface area (Å²) >= 11 is 0. The molecule has 3 rings (SSSR count). The second kappa shape index (κ2) is 9.77. The zero-order chi connectivity index (χ0) is 24.2. The van der Waals surface area contributed by atoms with Gasteiger partial charge in [0.25, 0.3) is 0 Å². The van der Waals surface area contributed by atoms with E-state index >= 15 is 0 Å². The minimum atomic E-state index is -0.624. The number of hydrogen-bond donors (Lipinski definition) is 1. The van der Waals surface area contributed by atoms with E-state index in [0.717, 1.165) is 5.56 Å². The molecule has 8 nitrogen and oxygen atoms in total. The minimum Gasteiger partial charge on any atom is -0.497 e. The quantitative estimate of drug-likeness (QED) is 0.330. The van der Waals surface area contributed by atoms with Gasteiger partial charge in [0.15, 0.2) is 0 Å². The summed E-state index contributed by atoms with van der Waals surface area (Å²) in [6.45, 7) is 7.03. The molecule has 3 aromatic rings. The van der Waals surface area contributed by atoms with Crippen LogP contribution in [0.3, 0.4) is 0 Å². The van der Waals surface area contributed by atoms with Gasteiger partial charge in [0.05, 0.1) is 13.5 Å². The normalized spacial score (nSPS) is 11.2. The lowest BCUT2D eigenvalue weighted by molar-refractivity contribution is -0.134. The molecular formula is C25H27NO7. The summed E-state index contributed by atoms with van der Waals surface area (Å²) in [5.41, 5.74) is 1.25. The van der Waals surface area contributed by atoms with Crippen molar-refractivity contribution in [2.75, 3.05) is 13.7 Å². The maximum absolute atomic E-state index is 12.3. The number of ether oxygens (including phenoxy) is 3. The van der Waals surface area contributed by atoms with Crippen LogP contribution >= 0.6 is 0 Å². The Morgan fingerprint density at radius 2 is 1.76 bits per heavy atom. The van der Waals surface area contributed by atoms with Crippen molar-refractivity contribution in [3.8, 4) is 22.6 Å². The third-order valence-corrected chi connectivity index (χ3v) is 4.73. The van der Waals surface area contributed by atoms with Gasteiger partial charge < -0.3 is 23.9 Å². The van der Waals surface area contributed by atoms with Gasteiger partial charge in [0.1, 0.15) is 22.7 Å². The molecule has 1 aromatic heterocycles. The smallest absolute Gasteiger partial charge is 0.407 e. The van der Waals surface area contributed by atoms with Gasteiger partial charge in [0.2, 0.25) is 0 Å². The van der Waals surface area contributed by atoms with Crippen LogP contribution in [0.5, 0.6) is 11.5 Å². The number of amides is 1. The highest BCUT2D eigenvalue weighted by atomic mass is 16.6. The fourth-order valence-electron chi connectivity index (χ4n) is 3.22. The molecule has 0 radical (unpaired) electrons. The number of carbonyl (C=O) groups is 2. The number of hydrogen-bond acceptors (Lipinski definition) is 7. The van der Waals surface area contributed by atoms with E-state index in [2.05, 4.69) is 5.32 Å². The van der Waals surface area contributed by atoms with Gasteiger partial charge in [-0.25, -0.2) is 9.59 Å². The van der Waals surface area contributed by atoms with Crippen LogP contribution in [0, 0.1) is 6.92 Å². The van der Waals surface area contributed by atoms with E-state index < -0.39 is 23.3 Å². The Labute approximate surface area is 191 Å². The highest BCUT2D eigenvalue weighted by Crippen LogP contribution is 2.33. The Morgan fingerprint density at radius 3 is 2.39 bits per heavy atom. The van der Waals surface area contributed by atoms with Crippen molar-refractivity contribution in [1.29, 1.82) is 0 Å². The summed E-state index contributed by atoms with van der Waals surface area (Å²) in [6.07, 6.45) is -0.656. The van der Waals surface area contributed by atoms with E-state index in [9.17, 15) is 14.4 Å². The summed E-state index contributed by atoms with van der Waals surface area (Å²) in [5, 5.41) is 3.22. The molecule has 1 N–H and O–H groups in total. The number of methoxy groups -OCH3 is 1. The molecular weight excluding hydrogens is 426 g/mol. The molecule has 0 saturated carbocycles. The fourth-order valence-corrected chi connectivity index (χ4v) is 3.22. The first-order valence-electron chi connectivity index (χ1n) is 10.5. The molecule has 33 heavy (non-hydrogen) atoms. The maximum Gasteiger partial charge on any atom is 0.407 e. The average molecular weight is 453 g/mol. The lowest BCUT2D eigenvalue weighted by Gasteiger charge is -2.19. The molecule has 0 aliphatic carbocycles. The molecule has 0 aliphatic heterocycles. The first-order chi connectivity index (χ1) is 15.6. The first-order valence-corrected chi connectivity index (χ1v) is 10.5. The topological polar surface area (TPSA) is 104 Å². The zero-order valence-electron chi connectivity index (χ0n) is 19.3. The van der Waals surface area contributed by atoms with E-state index in [1.165, 1.54) is 6.07 Å². The molecule has 2 aromatic carbocycles. The molecule has 0 bridgehead atoms. The standard InChI is InChI=1S/C25H27NO7/c1-15-20(31-21(27)12-13-26-24(29)33-25(2,3)4)11-10-18-19(14-22(28)32-23(15)18)16-6-8-17(30-5)9-7-16/h6-11,14H,12-13H2,1-5H3,(H,26,29). The molecule has 1 amide bonds. The summed E-state index contributed by atoms with van der Waals surface area (Å²) in [7, 11) is 1.58. The molecule has 0 unspecified atom stereocenters. The van der Waals surface area contributed by atoms with Gasteiger partial charge in [-0.05, 0) is 63.1 Å². The molecule has 0 atom stereocenters. The van der Waals surface area contributed by atoms with Gasteiger partial charge in [-0.15, -0.1) is 0 Å². The number of carbonyl (C=O) groups excluding carboxylic acids is 2. The third kappa shape index (κ3) is 6.12. The highest BCUT2D eigenvalue weighted by molar-refractivity contribution is 5.96. The largest absolute Gasteiger partial charge is 0.497 e. The molecule has 0 aliphatic rings. The van der Waals surface area contributed by atoms with Crippen molar-refractivity contribution in [3.05, 3.63) is 58.4 Å². The van der Waals surface area contributed by atoms with Gasteiger partial charge in [-0.2, -0.15) is 0 Å². The highest BCUT2D eigenvalue weighted by Gasteiger charge is 2.18. The number of benzene rings is 2. The van der Waals surface area contributed by atoms with Crippen LogP contribution < -0.4 is 20.4 Å². The lowest BCUT2D eigenvalue weighted by atomic mass is 10.00. The van der Waals surface area contributed by atoms with E-state index in [4.69, 9.17) is 18.6 Å². The van der Waals surface area contributed by atoms with Crippen molar-refractivity contribution >= 4 is 23.0 Å². The Kier molecular flexibility index (Phi) is 7.06. The third-order valence-electron chi connectivity index (χ3n) is 4.73. The van der Waals surface area contributed by atoms with Gasteiger partial charge >= 0.3 is 17.7 Å². The SMILES string of the molecule is COc1ccc(-c2cc(=O)oc3c(C)c(OC(=O)CCNC(=O)OC(C)(C)C)ccc23)cc1. The number of rotatable bonds is 6. The molecule has 1 heterocycles. The number of alkyl carbamates (subject to hydrolysis) is 1. The van der Waals surface area contributed by atoms with Crippen LogP contribution in [-0.4, -0.2) is 31.3 Å². The van der Waals surface area contributed by atoms with Crippen LogP contribution in [0.25, 0.3) is 22.1 Å². The van der Waals surface area contributed by atoms with Gasteiger partial charge in [-0.1, -0.05) is 12.1 Å². The summed E-state index contributed by atoms with van der Waals surface area (Å²) in [4.78, 5) is 36.2. The van der Waals surface area contributed by atoms with Crippen LogP contribution in [0.2, 0.25) is 0 Å².